The molecule has 0 amide bonds. The van der Waals surface area contributed by atoms with E-state index in [0.717, 1.165) is 50.1 Å². The third kappa shape index (κ3) is 6.68. The number of rotatable bonds is 7. The standard InChI is InChI=1S/C16H33N5O2S2.HI/c1-4-19(5-2)15-6-8-20(14-15)16(17-3)18-7-13-25(22,23)21-9-11-24-12-10-21;/h15H,4-14H2,1-3H3,(H,17,18);1H. The first-order chi connectivity index (χ1) is 12.0. The maximum atomic E-state index is 12.4. The van der Waals surface area contributed by atoms with Crippen LogP contribution in [0.4, 0.5) is 0 Å². The first-order valence-corrected chi connectivity index (χ1v) is 12.0. The van der Waals surface area contributed by atoms with E-state index in [9.17, 15) is 8.42 Å². The van der Waals surface area contributed by atoms with Crippen molar-refractivity contribution in [3.63, 3.8) is 0 Å². The average Bonchev–Trinajstić information content (AvgIpc) is 3.10. The molecule has 2 aliphatic heterocycles. The first-order valence-electron chi connectivity index (χ1n) is 9.27. The lowest BCUT2D eigenvalue weighted by molar-refractivity contribution is 0.223. The molecule has 2 aliphatic rings. The number of nitrogens with one attached hydrogen (secondary N) is 1. The Balaban J connectivity index is 0.00000338. The lowest BCUT2D eigenvalue weighted by Crippen LogP contribution is -2.46. The van der Waals surface area contributed by atoms with Crippen LogP contribution < -0.4 is 5.32 Å². The van der Waals surface area contributed by atoms with Gasteiger partial charge in [-0.1, -0.05) is 13.8 Å². The van der Waals surface area contributed by atoms with Crippen molar-refractivity contribution in [1.82, 2.24) is 19.4 Å². The topological polar surface area (TPSA) is 68.2 Å². The van der Waals surface area contributed by atoms with Crippen molar-refractivity contribution in [3.8, 4) is 0 Å². The molecular weight excluding hydrogens is 485 g/mol. The molecule has 2 heterocycles. The second-order valence-corrected chi connectivity index (χ2v) is 9.72. The van der Waals surface area contributed by atoms with Crippen LogP contribution in [0.3, 0.4) is 0 Å². The van der Waals surface area contributed by atoms with Gasteiger partial charge in [0.2, 0.25) is 10.0 Å². The Morgan fingerprint density at radius 3 is 2.46 bits per heavy atom. The molecule has 0 aromatic heterocycles. The molecule has 0 aliphatic carbocycles. The second-order valence-electron chi connectivity index (χ2n) is 6.41. The first kappa shape index (κ1) is 24.3. The molecule has 1 unspecified atom stereocenters. The van der Waals surface area contributed by atoms with Crippen molar-refractivity contribution in [2.45, 2.75) is 26.3 Å². The third-order valence-electron chi connectivity index (χ3n) is 5.01. The highest BCUT2D eigenvalue weighted by molar-refractivity contribution is 14.0. The zero-order chi connectivity index (χ0) is 18.3. The lowest BCUT2D eigenvalue weighted by Gasteiger charge is -2.28. The molecule has 1 N–H and O–H groups in total. The van der Waals surface area contributed by atoms with Crippen LogP contribution in [0, 0.1) is 0 Å². The molecule has 0 spiro atoms. The van der Waals surface area contributed by atoms with E-state index in [1.54, 1.807) is 11.4 Å². The number of hydrogen-bond acceptors (Lipinski definition) is 5. The maximum absolute atomic E-state index is 12.4. The highest BCUT2D eigenvalue weighted by atomic mass is 127. The van der Waals surface area contributed by atoms with Crippen LogP contribution >= 0.6 is 35.7 Å². The SMILES string of the molecule is CCN(CC)C1CCN(C(=NC)NCCS(=O)(=O)N2CCSCC2)C1.I. The number of aliphatic imine (C=N–C) groups is 1. The minimum Gasteiger partial charge on any atom is -0.355 e. The highest BCUT2D eigenvalue weighted by Crippen LogP contribution is 2.16. The summed E-state index contributed by atoms with van der Waals surface area (Å²) in [5, 5.41) is 3.25. The summed E-state index contributed by atoms with van der Waals surface area (Å²) in [5.41, 5.74) is 0. The Morgan fingerprint density at radius 1 is 1.23 bits per heavy atom. The van der Waals surface area contributed by atoms with Gasteiger partial charge in [0, 0.05) is 57.3 Å². The van der Waals surface area contributed by atoms with E-state index in [4.69, 9.17) is 0 Å². The number of hydrogen-bond donors (Lipinski definition) is 1. The van der Waals surface area contributed by atoms with Gasteiger partial charge >= 0.3 is 0 Å². The summed E-state index contributed by atoms with van der Waals surface area (Å²) in [5.74, 6) is 2.74. The van der Waals surface area contributed by atoms with Gasteiger partial charge < -0.3 is 10.2 Å². The van der Waals surface area contributed by atoms with Crippen molar-refractivity contribution in [2.75, 3.05) is 70.1 Å². The number of halogens is 1. The summed E-state index contributed by atoms with van der Waals surface area (Å²) in [6.45, 7) is 10.1. The molecule has 0 saturated carbocycles. The number of nitrogens with zero attached hydrogens (tertiary/aromatic N) is 4. The molecular formula is C16H34IN5O2S2. The molecule has 2 rings (SSSR count). The Hall–Kier alpha value is 0.220. The number of likely N-dealkylation sites (tertiary alicyclic amines) is 1. The van der Waals surface area contributed by atoms with E-state index in [1.165, 1.54) is 0 Å². The van der Waals surface area contributed by atoms with E-state index >= 15 is 0 Å². The molecule has 0 radical (unpaired) electrons. The molecule has 2 fully saturated rings. The van der Waals surface area contributed by atoms with Crippen molar-refractivity contribution < 1.29 is 8.42 Å². The largest absolute Gasteiger partial charge is 0.355 e. The lowest BCUT2D eigenvalue weighted by atomic mass is 10.2. The Bertz CT molecular complexity index is 537. The molecule has 10 heteroatoms. The Kier molecular flexibility index (Phi) is 11.1. The van der Waals surface area contributed by atoms with Gasteiger partial charge in [-0.25, -0.2) is 12.7 Å². The molecule has 0 bridgehead atoms. The number of guanidine groups is 1. The quantitative estimate of drug-likeness (QED) is 0.307. The van der Waals surface area contributed by atoms with E-state index in [0.29, 0.717) is 25.7 Å². The molecule has 2 saturated heterocycles. The van der Waals surface area contributed by atoms with Crippen LogP contribution in [0.15, 0.2) is 4.99 Å². The van der Waals surface area contributed by atoms with Gasteiger partial charge in [0.05, 0.1) is 5.75 Å². The number of likely N-dealkylation sites (N-methyl/N-ethyl adjacent to an activating group) is 1. The van der Waals surface area contributed by atoms with Crippen LogP contribution in [-0.2, 0) is 10.0 Å². The molecule has 0 aromatic carbocycles. The summed E-state index contributed by atoms with van der Waals surface area (Å²) in [7, 11) is -1.40. The molecule has 1 atom stereocenters. The zero-order valence-corrected chi connectivity index (χ0v) is 20.1. The van der Waals surface area contributed by atoms with E-state index in [2.05, 4.69) is 34.0 Å². The van der Waals surface area contributed by atoms with Crippen LogP contribution in [0.25, 0.3) is 0 Å². The van der Waals surface area contributed by atoms with E-state index < -0.39 is 10.0 Å². The van der Waals surface area contributed by atoms with Gasteiger partial charge in [-0.05, 0) is 19.5 Å². The summed E-state index contributed by atoms with van der Waals surface area (Å²) in [6.07, 6.45) is 1.13. The fourth-order valence-electron chi connectivity index (χ4n) is 3.55. The normalized spacial score (nSPS) is 22.5. The van der Waals surface area contributed by atoms with Crippen molar-refractivity contribution >= 4 is 51.7 Å². The van der Waals surface area contributed by atoms with Crippen LogP contribution in [0.2, 0.25) is 0 Å². The summed E-state index contributed by atoms with van der Waals surface area (Å²) in [6, 6.07) is 0.558. The van der Waals surface area contributed by atoms with E-state index in [1.807, 2.05) is 11.8 Å². The fourth-order valence-corrected chi connectivity index (χ4v) is 6.04. The summed E-state index contributed by atoms with van der Waals surface area (Å²) < 4.78 is 26.4. The van der Waals surface area contributed by atoms with E-state index in [-0.39, 0.29) is 29.7 Å². The highest BCUT2D eigenvalue weighted by Gasteiger charge is 2.28. The van der Waals surface area contributed by atoms with Gasteiger partial charge in [-0.2, -0.15) is 11.8 Å². The monoisotopic (exact) mass is 519 g/mol. The minimum atomic E-state index is -3.17. The summed E-state index contributed by atoms with van der Waals surface area (Å²) in [4.78, 5) is 9.07. The van der Waals surface area contributed by atoms with Crippen LogP contribution in [-0.4, -0.2) is 105 Å². The van der Waals surface area contributed by atoms with Crippen LogP contribution in [0.5, 0.6) is 0 Å². The predicted octanol–water partition coefficient (Wildman–Crippen LogP) is 0.975. The van der Waals surface area contributed by atoms with Crippen LogP contribution in [0.1, 0.15) is 20.3 Å². The van der Waals surface area contributed by atoms with Gasteiger partial charge in [-0.3, -0.25) is 9.89 Å². The summed E-state index contributed by atoms with van der Waals surface area (Å²) >= 11 is 1.82. The average molecular weight is 520 g/mol. The van der Waals surface area contributed by atoms with Crippen molar-refractivity contribution in [3.05, 3.63) is 0 Å². The second kappa shape index (κ2) is 11.9. The van der Waals surface area contributed by atoms with Gasteiger partial charge in [0.25, 0.3) is 0 Å². The van der Waals surface area contributed by atoms with Gasteiger partial charge in [0.1, 0.15) is 0 Å². The molecule has 7 nitrogen and oxygen atoms in total. The maximum Gasteiger partial charge on any atom is 0.215 e. The smallest absolute Gasteiger partial charge is 0.215 e. The zero-order valence-electron chi connectivity index (χ0n) is 16.2. The Labute approximate surface area is 180 Å². The fraction of sp³-hybridized carbons (Fsp3) is 0.938. The minimum absolute atomic E-state index is 0. The third-order valence-corrected chi connectivity index (χ3v) is 7.82. The number of thioether (sulfide) groups is 1. The van der Waals surface area contributed by atoms with Gasteiger partial charge in [-0.15, -0.1) is 24.0 Å². The van der Waals surface area contributed by atoms with Crippen molar-refractivity contribution in [2.24, 2.45) is 4.99 Å². The van der Waals surface area contributed by atoms with Crippen molar-refractivity contribution in [1.29, 1.82) is 0 Å². The molecule has 154 valence electrons. The predicted molar refractivity (Wildman–Crippen MR) is 122 cm³/mol. The number of sulfonamides is 1. The molecule has 0 aromatic rings. The Morgan fingerprint density at radius 2 is 1.88 bits per heavy atom. The molecule has 26 heavy (non-hydrogen) atoms. The van der Waals surface area contributed by atoms with Gasteiger partial charge in [0.15, 0.2) is 5.96 Å².